The number of nitrogens with zero attached hydrogens (tertiary/aromatic N) is 1. The number of hydrogen-bond acceptors (Lipinski definition) is 5. The molecule has 0 radical (unpaired) electrons. The van der Waals surface area contributed by atoms with Gasteiger partial charge in [0.1, 0.15) is 10.6 Å². The van der Waals surface area contributed by atoms with Crippen LogP contribution in [0, 0.1) is 13.8 Å². The SMILES string of the molecule is COc1cc(C)c(C)cc1S(=O)(=O)Nc1ccc2c(c1)CCN2C(=O)c1ccco1. The van der Waals surface area contributed by atoms with E-state index in [0.29, 0.717) is 24.4 Å². The van der Waals surface area contributed by atoms with Crippen LogP contribution < -0.4 is 14.4 Å². The highest BCUT2D eigenvalue weighted by Gasteiger charge is 2.28. The molecule has 0 saturated heterocycles. The molecule has 1 aliphatic rings. The summed E-state index contributed by atoms with van der Waals surface area (Å²) in [5.41, 5.74) is 3.88. The summed E-state index contributed by atoms with van der Waals surface area (Å²) in [7, 11) is -2.40. The van der Waals surface area contributed by atoms with E-state index in [2.05, 4.69) is 4.72 Å². The molecule has 1 aliphatic heterocycles. The Kier molecular flexibility index (Phi) is 5.03. The zero-order chi connectivity index (χ0) is 21.5. The first-order valence-electron chi connectivity index (χ1n) is 9.46. The Hall–Kier alpha value is -3.26. The van der Waals surface area contributed by atoms with Crippen molar-refractivity contribution in [2.75, 3.05) is 23.3 Å². The molecule has 4 rings (SSSR count). The van der Waals surface area contributed by atoms with Crippen molar-refractivity contribution in [1.82, 2.24) is 0 Å². The van der Waals surface area contributed by atoms with E-state index in [4.69, 9.17) is 9.15 Å². The Morgan fingerprint density at radius 2 is 1.90 bits per heavy atom. The van der Waals surface area contributed by atoms with E-state index >= 15 is 0 Å². The van der Waals surface area contributed by atoms with Gasteiger partial charge < -0.3 is 14.1 Å². The van der Waals surface area contributed by atoms with Crippen LogP contribution in [0.1, 0.15) is 27.2 Å². The minimum atomic E-state index is -3.85. The third kappa shape index (κ3) is 3.54. The summed E-state index contributed by atoms with van der Waals surface area (Å²) < 4.78 is 39.1. The third-order valence-electron chi connectivity index (χ3n) is 5.27. The second kappa shape index (κ2) is 7.53. The molecule has 2 aromatic carbocycles. The van der Waals surface area contributed by atoms with E-state index in [0.717, 1.165) is 22.4 Å². The molecule has 0 saturated carbocycles. The van der Waals surface area contributed by atoms with Crippen molar-refractivity contribution in [3.8, 4) is 5.75 Å². The fraction of sp³-hybridized carbons (Fsp3) is 0.227. The van der Waals surface area contributed by atoms with Crippen LogP contribution in [0.5, 0.6) is 5.75 Å². The van der Waals surface area contributed by atoms with Crippen molar-refractivity contribution >= 4 is 27.3 Å². The average Bonchev–Trinajstić information content (AvgIpc) is 3.38. The lowest BCUT2D eigenvalue weighted by Crippen LogP contribution is -2.28. The van der Waals surface area contributed by atoms with Crippen molar-refractivity contribution in [1.29, 1.82) is 0 Å². The van der Waals surface area contributed by atoms with Crippen molar-refractivity contribution in [2.45, 2.75) is 25.2 Å². The highest BCUT2D eigenvalue weighted by atomic mass is 32.2. The second-order valence-electron chi connectivity index (χ2n) is 7.22. The summed E-state index contributed by atoms with van der Waals surface area (Å²) in [6, 6.07) is 11.8. The highest BCUT2D eigenvalue weighted by molar-refractivity contribution is 7.92. The minimum Gasteiger partial charge on any atom is -0.495 e. The number of sulfonamides is 1. The van der Waals surface area contributed by atoms with E-state index in [1.165, 1.54) is 13.4 Å². The van der Waals surface area contributed by atoms with Gasteiger partial charge in [0.05, 0.1) is 13.4 Å². The third-order valence-corrected chi connectivity index (χ3v) is 6.68. The molecule has 7 nitrogen and oxygen atoms in total. The van der Waals surface area contributed by atoms with Gasteiger partial charge in [-0.2, -0.15) is 0 Å². The van der Waals surface area contributed by atoms with Crippen molar-refractivity contribution in [3.05, 3.63) is 71.2 Å². The van der Waals surface area contributed by atoms with Gasteiger partial charge in [0.2, 0.25) is 0 Å². The molecular weight excluding hydrogens is 404 g/mol. The Morgan fingerprint density at radius 1 is 1.13 bits per heavy atom. The van der Waals surface area contributed by atoms with E-state index in [1.54, 1.807) is 47.4 Å². The van der Waals surface area contributed by atoms with Crippen molar-refractivity contribution in [2.24, 2.45) is 0 Å². The molecule has 0 bridgehead atoms. The number of nitrogens with one attached hydrogen (secondary N) is 1. The second-order valence-corrected chi connectivity index (χ2v) is 8.87. The normalized spacial score (nSPS) is 13.2. The monoisotopic (exact) mass is 426 g/mol. The number of ether oxygens (including phenoxy) is 1. The van der Waals surface area contributed by atoms with Crippen molar-refractivity contribution in [3.63, 3.8) is 0 Å². The molecule has 1 N–H and O–H groups in total. The number of benzene rings is 2. The Balaban J connectivity index is 1.61. The van der Waals surface area contributed by atoms with E-state index in [-0.39, 0.29) is 16.6 Å². The van der Waals surface area contributed by atoms with Gasteiger partial charge in [-0.3, -0.25) is 9.52 Å². The van der Waals surface area contributed by atoms with E-state index in [1.807, 2.05) is 13.8 Å². The largest absolute Gasteiger partial charge is 0.495 e. The number of methoxy groups -OCH3 is 1. The molecular formula is C22H22N2O5S. The summed E-state index contributed by atoms with van der Waals surface area (Å²) in [5.74, 6) is 0.350. The molecule has 156 valence electrons. The first-order chi connectivity index (χ1) is 14.3. The van der Waals surface area contributed by atoms with Crippen LogP contribution in [-0.4, -0.2) is 28.0 Å². The minimum absolute atomic E-state index is 0.0863. The maximum absolute atomic E-state index is 13.0. The summed E-state index contributed by atoms with van der Waals surface area (Å²) >= 11 is 0. The van der Waals surface area contributed by atoms with Crippen LogP contribution in [0.25, 0.3) is 0 Å². The first-order valence-corrected chi connectivity index (χ1v) is 10.9. The maximum Gasteiger partial charge on any atom is 0.293 e. The fourth-order valence-electron chi connectivity index (χ4n) is 3.55. The standard InChI is InChI=1S/C22H22N2O5S/c1-14-11-20(28-3)21(12-15(14)2)30(26,27)23-17-6-7-18-16(13-17)8-9-24(18)22(25)19-5-4-10-29-19/h4-7,10-13,23H,8-9H2,1-3H3. The van der Waals surface area contributed by atoms with Gasteiger partial charge in [-0.1, -0.05) is 0 Å². The molecule has 0 spiro atoms. The molecule has 0 atom stereocenters. The highest BCUT2D eigenvalue weighted by Crippen LogP contribution is 2.34. The quantitative estimate of drug-likeness (QED) is 0.668. The van der Waals surface area contributed by atoms with E-state index < -0.39 is 10.0 Å². The van der Waals surface area contributed by atoms with Crippen molar-refractivity contribution < 1.29 is 22.4 Å². The molecule has 8 heteroatoms. The number of aryl methyl sites for hydroxylation is 2. The van der Waals surface area contributed by atoms with Crippen LogP contribution >= 0.6 is 0 Å². The van der Waals surface area contributed by atoms with Crippen LogP contribution in [-0.2, 0) is 16.4 Å². The Labute approximate surface area is 175 Å². The number of fused-ring (bicyclic) bond motifs is 1. The number of furan rings is 1. The lowest BCUT2D eigenvalue weighted by atomic mass is 10.1. The van der Waals surface area contributed by atoms with Gasteiger partial charge >= 0.3 is 0 Å². The van der Waals surface area contributed by atoms with Crippen LogP contribution in [0.4, 0.5) is 11.4 Å². The number of hydrogen-bond donors (Lipinski definition) is 1. The Bertz CT molecular complexity index is 1220. The predicted molar refractivity (Wildman–Crippen MR) is 114 cm³/mol. The summed E-state index contributed by atoms with van der Waals surface area (Å²) in [4.78, 5) is 14.3. The van der Waals surface area contributed by atoms with Gasteiger partial charge in [0.25, 0.3) is 15.9 Å². The zero-order valence-electron chi connectivity index (χ0n) is 16.9. The molecule has 30 heavy (non-hydrogen) atoms. The lowest BCUT2D eigenvalue weighted by Gasteiger charge is -2.17. The van der Waals surface area contributed by atoms with Crippen LogP contribution in [0.3, 0.4) is 0 Å². The number of carbonyl (C=O) groups is 1. The van der Waals surface area contributed by atoms with Gasteiger partial charge in [-0.05, 0) is 79.4 Å². The number of amides is 1. The first kappa shape index (κ1) is 20.0. The zero-order valence-corrected chi connectivity index (χ0v) is 17.7. The van der Waals surface area contributed by atoms with Crippen LogP contribution in [0.15, 0.2) is 58.0 Å². The molecule has 2 heterocycles. The summed E-state index contributed by atoms with van der Waals surface area (Å²) in [5, 5.41) is 0. The van der Waals surface area contributed by atoms with Gasteiger partial charge in [-0.25, -0.2) is 8.42 Å². The van der Waals surface area contributed by atoms with Gasteiger partial charge in [-0.15, -0.1) is 0 Å². The number of carbonyl (C=O) groups excluding carboxylic acids is 1. The molecule has 0 unspecified atom stereocenters. The average molecular weight is 426 g/mol. The smallest absolute Gasteiger partial charge is 0.293 e. The topological polar surface area (TPSA) is 88.9 Å². The molecule has 0 aliphatic carbocycles. The van der Waals surface area contributed by atoms with Crippen LogP contribution in [0.2, 0.25) is 0 Å². The number of rotatable bonds is 5. The fourth-order valence-corrected chi connectivity index (χ4v) is 4.84. The molecule has 1 amide bonds. The van der Waals surface area contributed by atoms with Gasteiger partial charge in [0.15, 0.2) is 5.76 Å². The van der Waals surface area contributed by atoms with Gasteiger partial charge in [0, 0.05) is 17.9 Å². The summed E-state index contributed by atoms with van der Waals surface area (Å²) in [6.07, 6.45) is 2.09. The maximum atomic E-state index is 13.0. The number of anilines is 2. The van der Waals surface area contributed by atoms with E-state index in [9.17, 15) is 13.2 Å². The lowest BCUT2D eigenvalue weighted by molar-refractivity contribution is 0.0963. The summed E-state index contributed by atoms with van der Waals surface area (Å²) in [6.45, 7) is 4.27. The molecule has 3 aromatic rings. The predicted octanol–water partition coefficient (Wildman–Crippen LogP) is 3.91. The molecule has 0 fully saturated rings. The Morgan fingerprint density at radius 3 is 2.60 bits per heavy atom. The molecule has 1 aromatic heterocycles.